The highest BCUT2D eigenvalue weighted by molar-refractivity contribution is 7.18. The zero-order chi connectivity index (χ0) is 19.2. The van der Waals surface area contributed by atoms with Crippen molar-refractivity contribution in [3.8, 4) is 11.4 Å². The van der Waals surface area contributed by atoms with Crippen LogP contribution in [0.3, 0.4) is 0 Å². The van der Waals surface area contributed by atoms with E-state index < -0.39 is 5.91 Å². The van der Waals surface area contributed by atoms with E-state index in [1.165, 1.54) is 16.0 Å². The highest BCUT2D eigenvalue weighted by Crippen LogP contribution is 2.37. The lowest BCUT2D eigenvalue weighted by Gasteiger charge is -2.29. The molecular weight excluding hydrogens is 386 g/mol. The number of thiophene rings is 1. The van der Waals surface area contributed by atoms with E-state index in [0.717, 1.165) is 16.0 Å². The third kappa shape index (κ3) is 3.26. The quantitative estimate of drug-likeness (QED) is 0.681. The zero-order valence-electron chi connectivity index (χ0n) is 14.9. The molecule has 0 radical (unpaired) electrons. The van der Waals surface area contributed by atoms with Gasteiger partial charge in [0.15, 0.2) is 5.82 Å². The largest absolute Gasteiger partial charge is 0.370 e. The molecule has 0 bridgehead atoms. The van der Waals surface area contributed by atoms with E-state index in [4.69, 9.17) is 21.3 Å². The Morgan fingerprint density at radius 1 is 1.37 bits per heavy atom. The number of carbonyl (C=O) groups is 1. The molecular formula is C19H18ClN3O3S. The van der Waals surface area contributed by atoms with Crippen LogP contribution in [-0.2, 0) is 22.6 Å². The van der Waals surface area contributed by atoms with Gasteiger partial charge in [0, 0.05) is 16.9 Å². The van der Waals surface area contributed by atoms with Crippen LogP contribution < -0.4 is 11.0 Å². The van der Waals surface area contributed by atoms with Crippen LogP contribution in [0.1, 0.15) is 24.3 Å². The average Bonchev–Trinajstić information content (AvgIpc) is 3.01. The number of amides is 1. The SMILES string of the molecule is CC1(C)Cc2c(sc3nc(-c4ccccc4)n(NC(=O)CCl)c(=O)c23)CO1. The third-order valence-corrected chi connectivity index (χ3v) is 5.84. The Kier molecular flexibility index (Phi) is 4.53. The molecule has 1 aliphatic heterocycles. The van der Waals surface area contributed by atoms with Crippen molar-refractivity contribution in [2.45, 2.75) is 32.5 Å². The van der Waals surface area contributed by atoms with Crippen LogP contribution >= 0.6 is 22.9 Å². The van der Waals surface area contributed by atoms with Crippen LogP contribution in [0.2, 0.25) is 0 Å². The number of ether oxygens (including phenoxy) is 1. The minimum atomic E-state index is -0.468. The van der Waals surface area contributed by atoms with Gasteiger partial charge in [0.25, 0.3) is 11.5 Å². The van der Waals surface area contributed by atoms with Gasteiger partial charge in [-0.3, -0.25) is 15.0 Å². The summed E-state index contributed by atoms with van der Waals surface area (Å²) in [6.07, 6.45) is 0.618. The number of hydrogen-bond donors (Lipinski definition) is 1. The summed E-state index contributed by atoms with van der Waals surface area (Å²) in [6, 6.07) is 9.28. The lowest BCUT2D eigenvalue weighted by atomic mass is 9.94. The Bertz CT molecular complexity index is 1090. The molecule has 0 spiro atoms. The first kappa shape index (κ1) is 18.2. The zero-order valence-corrected chi connectivity index (χ0v) is 16.5. The number of carbonyl (C=O) groups excluding carboxylic acids is 1. The number of benzene rings is 1. The highest BCUT2D eigenvalue weighted by atomic mass is 35.5. The first-order valence-corrected chi connectivity index (χ1v) is 9.87. The first-order valence-electron chi connectivity index (χ1n) is 8.52. The second kappa shape index (κ2) is 6.74. The molecule has 4 rings (SSSR count). The minimum absolute atomic E-state index is 0.249. The maximum Gasteiger partial charge on any atom is 0.281 e. The van der Waals surface area contributed by atoms with E-state index in [2.05, 4.69) is 5.43 Å². The van der Waals surface area contributed by atoms with Crippen LogP contribution in [-0.4, -0.2) is 27.0 Å². The predicted octanol–water partition coefficient (Wildman–Crippen LogP) is 3.29. The van der Waals surface area contributed by atoms with Crippen molar-refractivity contribution in [2.75, 3.05) is 11.3 Å². The Hall–Kier alpha value is -2.22. The van der Waals surface area contributed by atoms with Gasteiger partial charge in [-0.1, -0.05) is 30.3 Å². The smallest absolute Gasteiger partial charge is 0.281 e. The summed E-state index contributed by atoms with van der Waals surface area (Å²) in [5.41, 5.74) is 3.62. The molecule has 0 atom stereocenters. The summed E-state index contributed by atoms with van der Waals surface area (Å²) in [4.78, 5) is 31.7. The van der Waals surface area contributed by atoms with Gasteiger partial charge in [0.1, 0.15) is 10.7 Å². The second-order valence-electron chi connectivity index (χ2n) is 7.02. The van der Waals surface area contributed by atoms with E-state index >= 15 is 0 Å². The van der Waals surface area contributed by atoms with E-state index in [1.807, 2.05) is 44.2 Å². The molecule has 0 fully saturated rings. The van der Waals surface area contributed by atoms with Crippen molar-refractivity contribution < 1.29 is 9.53 Å². The summed E-state index contributed by atoms with van der Waals surface area (Å²) in [5.74, 6) is -0.336. The van der Waals surface area contributed by atoms with Gasteiger partial charge in [-0.15, -0.1) is 22.9 Å². The minimum Gasteiger partial charge on any atom is -0.370 e. The fraction of sp³-hybridized carbons (Fsp3) is 0.316. The maximum atomic E-state index is 13.3. The number of aromatic nitrogens is 2. The molecule has 1 aromatic carbocycles. The van der Waals surface area contributed by atoms with Gasteiger partial charge < -0.3 is 4.74 Å². The number of fused-ring (bicyclic) bond motifs is 3. The molecule has 3 heterocycles. The molecule has 6 nitrogen and oxygen atoms in total. The fourth-order valence-corrected chi connectivity index (χ4v) is 4.38. The van der Waals surface area contributed by atoms with Crippen molar-refractivity contribution in [3.63, 3.8) is 0 Å². The monoisotopic (exact) mass is 403 g/mol. The van der Waals surface area contributed by atoms with Gasteiger partial charge >= 0.3 is 0 Å². The standard InChI is InChI=1S/C19H18ClN3O3S/c1-19(2)8-12-13(10-26-19)27-17-15(12)18(25)23(22-14(24)9-20)16(21-17)11-6-4-3-5-7-11/h3-7H,8-10H2,1-2H3,(H,22,24). The Labute approximate surface area is 164 Å². The van der Waals surface area contributed by atoms with Crippen LogP contribution in [0, 0.1) is 0 Å². The lowest BCUT2D eigenvalue weighted by Crippen LogP contribution is -2.36. The molecule has 140 valence electrons. The number of nitrogens with one attached hydrogen (secondary N) is 1. The summed E-state index contributed by atoms with van der Waals surface area (Å²) in [7, 11) is 0. The van der Waals surface area contributed by atoms with Gasteiger partial charge in [-0.2, -0.15) is 4.68 Å². The summed E-state index contributed by atoms with van der Waals surface area (Å²) >= 11 is 7.11. The molecule has 3 aromatic rings. The van der Waals surface area contributed by atoms with Crippen molar-refractivity contribution in [1.29, 1.82) is 0 Å². The lowest BCUT2D eigenvalue weighted by molar-refractivity contribution is -0.114. The molecule has 8 heteroatoms. The molecule has 2 aromatic heterocycles. The number of alkyl halides is 1. The average molecular weight is 404 g/mol. The first-order chi connectivity index (χ1) is 12.9. The Balaban J connectivity index is 2.00. The van der Waals surface area contributed by atoms with Crippen molar-refractivity contribution >= 4 is 39.1 Å². The Morgan fingerprint density at radius 2 is 2.11 bits per heavy atom. The number of nitrogens with zero attached hydrogens (tertiary/aromatic N) is 2. The van der Waals surface area contributed by atoms with E-state index in [-0.39, 0.29) is 17.0 Å². The predicted molar refractivity (Wildman–Crippen MR) is 107 cm³/mol. The number of rotatable bonds is 3. The van der Waals surface area contributed by atoms with Crippen molar-refractivity contribution in [2.24, 2.45) is 0 Å². The summed E-state index contributed by atoms with van der Waals surface area (Å²) in [5, 5.41) is 0.543. The molecule has 27 heavy (non-hydrogen) atoms. The maximum absolute atomic E-state index is 13.3. The Morgan fingerprint density at radius 3 is 2.81 bits per heavy atom. The van der Waals surface area contributed by atoms with Crippen molar-refractivity contribution in [1.82, 2.24) is 9.66 Å². The van der Waals surface area contributed by atoms with E-state index in [9.17, 15) is 9.59 Å². The van der Waals surface area contributed by atoms with Gasteiger partial charge in [0.05, 0.1) is 17.6 Å². The summed E-state index contributed by atoms with van der Waals surface area (Å²) < 4.78 is 7.08. The molecule has 0 aliphatic carbocycles. The highest BCUT2D eigenvalue weighted by Gasteiger charge is 2.31. The molecule has 0 saturated carbocycles. The summed E-state index contributed by atoms with van der Waals surface area (Å²) in [6.45, 7) is 4.45. The fourth-order valence-electron chi connectivity index (χ4n) is 3.23. The topological polar surface area (TPSA) is 73.2 Å². The normalized spacial score (nSPS) is 15.5. The van der Waals surface area contributed by atoms with E-state index in [1.54, 1.807) is 0 Å². The second-order valence-corrected chi connectivity index (χ2v) is 8.37. The molecule has 0 unspecified atom stereocenters. The number of hydrogen-bond acceptors (Lipinski definition) is 5. The van der Waals surface area contributed by atoms with Gasteiger partial charge in [-0.25, -0.2) is 4.98 Å². The van der Waals surface area contributed by atoms with Gasteiger partial charge in [-0.05, 0) is 19.4 Å². The van der Waals surface area contributed by atoms with Crippen LogP contribution in [0.25, 0.3) is 21.6 Å². The third-order valence-electron chi connectivity index (χ3n) is 4.49. The van der Waals surface area contributed by atoms with Crippen LogP contribution in [0.15, 0.2) is 35.1 Å². The van der Waals surface area contributed by atoms with Crippen molar-refractivity contribution in [3.05, 3.63) is 51.1 Å². The molecule has 1 amide bonds. The number of halogens is 1. The van der Waals surface area contributed by atoms with Gasteiger partial charge in [0.2, 0.25) is 0 Å². The van der Waals surface area contributed by atoms with E-state index in [0.29, 0.717) is 29.1 Å². The van der Waals surface area contributed by atoms with Crippen LogP contribution in [0.4, 0.5) is 0 Å². The molecule has 1 N–H and O–H groups in total. The molecule has 0 saturated heterocycles. The molecule has 1 aliphatic rings. The van der Waals surface area contributed by atoms with Crippen LogP contribution in [0.5, 0.6) is 0 Å².